The first kappa shape index (κ1) is 23.9. The molecule has 0 bridgehead atoms. The van der Waals surface area contributed by atoms with Crippen LogP contribution < -0.4 is 4.90 Å². The zero-order valence-electron chi connectivity index (χ0n) is 20.9. The molecular formula is C29H27N3O3S. The minimum atomic E-state index is -0.811. The lowest BCUT2D eigenvalue weighted by atomic mass is 9.85. The van der Waals surface area contributed by atoms with Crippen LogP contribution in [-0.2, 0) is 15.0 Å². The average Bonchev–Trinajstić information content (AvgIpc) is 3.37. The largest absolute Gasteiger partial charge is 0.507 e. The second-order valence-electron chi connectivity index (χ2n) is 10.2. The van der Waals surface area contributed by atoms with Crippen molar-refractivity contribution in [3.63, 3.8) is 0 Å². The van der Waals surface area contributed by atoms with Crippen LogP contribution in [0.4, 0.5) is 5.13 Å². The molecule has 1 unspecified atom stereocenters. The van der Waals surface area contributed by atoms with Crippen LogP contribution in [0.1, 0.15) is 54.6 Å². The fraction of sp³-hybridized carbons (Fsp3) is 0.241. The zero-order chi connectivity index (χ0) is 25.8. The van der Waals surface area contributed by atoms with Gasteiger partial charge in [0.1, 0.15) is 5.76 Å². The minimum Gasteiger partial charge on any atom is -0.507 e. The number of aryl methyl sites for hydroxylation is 2. The molecule has 1 aliphatic rings. The maximum Gasteiger partial charge on any atom is 0.301 e. The van der Waals surface area contributed by atoms with Gasteiger partial charge in [-0.05, 0) is 59.7 Å². The van der Waals surface area contributed by atoms with Crippen LogP contribution in [0.25, 0.3) is 16.0 Å². The molecular weight excluding hydrogens is 470 g/mol. The number of pyridine rings is 1. The van der Waals surface area contributed by atoms with E-state index in [0.29, 0.717) is 10.7 Å². The van der Waals surface area contributed by atoms with Crippen LogP contribution >= 0.6 is 11.3 Å². The van der Waals surface area contributed by atoms with Gasteiger partial charge in [-0.2, -0.15) is 0 Å². The van der Waals surface area contributed by atoms with Gasteiger partial charge in [-0.1, -0.05) is 62.4 Å². The maximum absolute atomic E-state index is 13.5. The molecule has 1 saturated heterocycles. The molecule has 182 valence electrons. The van der Waals surface area contributed by atoms with Crippen molar-refractivity contribution in [2.45, 2.75) is 46.1 Å². The fourth-order valence-corrected chi connectivity index (χ4v) is 5.81. The summed E-state index contributed by atoms with van der Waals surface area (Å²) in [6.45, 7) is 10.4. The quantitative estimate of drug-likeness (QED) is 0.206. The van der Waals surface area contributed by atoms with Crippen molar-refractivity contribution in [1.29, 1.82) is 0 Å². The van der Waals surface area contributed by atoms with E-state index in [9.17, 15) is 14.7 Å². The fourth-order valence-electron chi connectivity index (χ4n) is 4.64. The number of aliphatic hydroxyl groups excluding tert-OH is 1. The van der Waals surface area contributed by atoms with Gasteiger partial charge in [-0.15, -0.1) is 0 Å². The Morgan fingerprint density at radius 3 is 2.31 bits per heavy atom. The number of benzene rings is 2. The molecule has 0 aliphatic carbocycles. The van der Waals surface area contributed by atoms with E-state index in [-0.39, 0.29) is 16.7 Å². The molecule has 2 aromatic heterocycles. The summed E-state index contributed by atoms with van der Waals surface area (Å²) < 4.78 is 0.945. The summed E-state index contributed by atoms with van der Waals surface area (Å²) in [6.07, 6.45) is 3.08. The van der Waals surface area contributed by atoms with Gasteiger partial charge in [0, 0.05) is 18.0 Å². The number of fused-ring (bicyclic) bond motifs is 1. The van der Waals surface area contributed by atoms with Crippen molar-refractivity contribution in [3.8, 4) is 0 Å². The van der Waals surface area contributed by atoms with Gasteiger partial charge in [0.15, 0.2) is 5.13 Å². The first-order valence-corrected chi connectivity index (χ1v) is 12.6. The Labute approximate surface area is 214 Å². The standard InChI is InChI=1S/C29H27N3O3S/c1-16-14-17(2)23-21(15-16)36-28(31-23)32-24(18-6-8-20(9-7-18)29(3,4)5)22(26(34)27(32)35)25(33)19-10-12-30-13-11-19/h6-15,24,33H,1-5H3. The van der Waals surface area contributed by atoms with Gasteiger partial charge in [0.05, 0.1) is 21.8 Å². The Morgan fingerprint density at radius 2 is 1.67 bits per heavy atom. The summed E-state index contributed by atoms with van der Waals surface area (Å²) in [4.78, 5) is 37.1. The number of aromatic nitrogens is 2. The van der Waals surface area contributed by atoms with Crippen molar-refractivity contribution in [2.75, 3.05) is 4.90 Å². The van der Waals surface area contributed by atoms with E-state index < -0.39 is 17.7 Å². The number of hydrogen-bond donors (Lipinski definition) is 1. The predicted molar refractivity (Wildman–Crippen MR) is 143 cm³/mol. The maximum atomic E-state index is 13.5. The second-order valence-corrected chi connectivity index (χ2v) is 11.2. The number of carbonyl (C=O) groups excluding carboxylic acids is 2. The number of carbonyl (C=O) groups is 2. The molecule has 0 radical (unpaired) electrons. The molecule has 3 heterocycles. The van der Waals surface area contributed by atoms with Crippen molar-refractivity contribution in [2.24, 2.45) is 0 Å². The lowest BCUT2D eigenvalue weighted by Gasteiger charge is -2.24. The van der Waals surface area contributed by atoms with Crippen molar-refractivity contribution < 1.29 is 14.7 Å². The molecule has 1 N–H and O–H groups in total. The molecule has 1 atom stereocenters. The molecule has 6 nitrogen and oxygen atoms in total. The van der Waals surface area contributed by atoms with E-state index in [2.05, 4.69) is 25.8 Å². The third-order valence-corrected chi connectivity index (χ3v) is 7.52. The summed E-state index contributed by atoms with van der Waals surface area (Å²) in [5.74, 6) is -1.67. The lowest BCUT2D eigenvalue weighted by Crippen LogP contribution is -2.29. The van der Waals surface area contributed by atoms with Crippen molar-refractivity contribution in [3.05, 3.63) is 94.3 Å². The Hall–Kier alpha value is -3.84. The molecule has 5 rings (SSSR count). The van der Waals surface area contributed by atoms with Crippen LogP contribution in [0, 0.1) is 13.8 Å². The number of ketones is 1. The third kappa shape index (κ3) is 3.99. The van der Waals surface area contributed by atoms with E-state index in [4.69, 9.17) is 4.98 Å². The van der Waals surface area contributed by atoms with Gasteiger partial charge in [-0.3, -0.25) is 19.5 Å². The van der Waals surface area contributed by atoms with Gasteiger partial charge in [0.25, 0.3) is 5.78 Å². The number of thiazole rings is 1. The number of rotatable bonds is 3. The van der Waals surface area contributed by atoms with E-state index >= 15 is 0 Å². The van der Waals surface area contributed by atoms with Crippen LogP contribution in [0.15, 0.2) is 66.5 Å². The van der Waals surface area contributed by atoms with E-state index in [1.165, 1.54) is 28.6 Å². The van der Waals surface area contributed by atoms with Crippen molar-refractivity contribution in [1.82, 2.24) is 9.97 Å². The number of aliphatic hydroxyl groups is 1. The molecule has 1 aliphatic heterocycles. The van der Waals surface area contributed by atoms with Crippen molar-refractivity contribution >= 4 is 44.1 Å². The van der Waals surface area contributed by atoms with Crippen LogP contribution in [0.5, 0.6) is 0 Å². The van der Waals surface area contributed by atoms with Crippen LogP contribution in [-0.4, -0.2) is 26.8 Å². The highest BCUT2D eigenvalue weighted by Crippen LogP contribution is 2.45. The topological polar surface area (TPSA) is 83.4 Å². The van der Waals surface area contributed by atoms with Gasteiger partial charge >= 0.3 is 5.91 Å². The molecule has 0 spiro atoms. The SMILES string of the molecule is Cc1cc(C)c2nc(N3C(=O)C(=O)C(=C(O)c4ccncc4)C3c3ccc(C(C)(C)C)cc3)sc2c1. The van der Waals surface area contributed by atoms with E-state index in [1.54, 1.807) is 12.1 Å². The van der Waals surface area contributed by atoms with Gasteiger partial charge in [-0.25, -0.2) is 4.98 Å². The summed E-state index contributed by atoms with van der Waals surface area (Å²) in [5.41, 5.74) is 5.18. The minimum absolute atomic E-state index is 0.0434. The molecule has 1 fully saturated rings. The second kappa shape index (κ2) is 8.68. The lowest BCUT2D eigenvalue weighted by molar-refractivity contribution is -0.132. The first-order chi connectivity index (χ1) is 17.1. The Bertz CT molecular complexity index is 1530. The van der Waals surface area contributed by atoms with Gasteiger partial charge in [0.2, 0.25) is 0 Å². The summed E-state index contributed by atoms with van der Waals surface area (Å²) >= 11 is 1.37. The normalized spacial score (nSPS) is 17.8. The van der Waals surface area contributed by atoms with Crippen LogP contribution in [0.2, 0.25) is 0 Å². The summed E-state index contributed by atoms with van der Waals surface area (Å²) in [7, 11) is 0. The molecule has 7 heteroatoms. The number of Topliss-reactive ketones (excluding diaryl/α,β-unsaturated/α-hetero) is 1. The highest BCUT2D eigenvalue weighted by molar-refractivity contribution is 7.22. The molecule has 0 saturated carbocycles. The molecule has 36 heavy (non-hydrogen) atoms. The summed E-state index contributed by atoms with van der Waals surface area (Å²) in [6, 6.07) is 14.4. The smallest absolute Gasteiger partial charge is 0.301 e. The zero-order valence-corrected chi connectivity index (χ0v) is 21.7. The number of nitrogens with zero attached hydrogens (tertiary/aromatic N) is 3. The highest BCUT2D eigenvalue weighted by atomic mass is 32.1. The monoisotopic (exact) mass is 497 g/mol. The molecule has 4 aromatic rings. The van der Waals surface area contributed by atoms with Crippen LogP contribution in [0.3, 0.4) is 0 Å². The molecule has 2 aromatic carbocycles. The van der Waals surface area contributed by atoms with E-state index in [1.807, 2.05) is 50.2 Å². The van der Waals surface area contributed by atoms with Gasteiger partial charge < -0.3 is 5.11 Å². The number of anilines is 1. The number of hydrogen-bond acceptors (Lipinski definition) is 6. The average molecular weight is 498 g/mol. The Morgan fingerprint density at radius 1 is 1.00 bits per heavy atom. The highest BCUT2D eigenvalue weighted by Gasteiger charge is 2.48. The summed E-state index contributed by atoms with van der Waals surface area (Å²) in [5, 5.41) is 11.7. The molecule has 1 amide bonds. The Kier molecular flexibility index (Phi) is 5.75. The predicted octanol–water partition coefficient (Wildman–Crippen LogP) is 6.23. The third-order valence-electron chi connectivity index (χ3n) is 6.52. The van der Waals surface area contributed by atoms with E-state index in [0.717, 1.165) is 32.5 Å². The number of amides is 1. The first-order valence-electron chi connectivity index (χ1n) is 11.8. The Balaban J connectivity index is 1.73.